The summed E-state index contributed by atoms with van der Waals surface area (Å²) >= 11 is 7.34. The number of fused-ring (bicyclic) bond motifs is 1. The number of halogens is 1. The monoisotopic (exact) mass is 376 g/mol. The summed E-state index contributed by atoms with van der Waals surface area (Å²) < 4.78 is 6.34. The minimum Gasteiger partial charge on any atom is -0.497 e. The second kappa shape index (κ2) is 7.08. The number of hydrogen-bond donors (Lipinski definition) is 1. The molecule has 0 fully saturated rings. The number of aromatic nitrogens is 2. The fraction of sp³-hybridized carbons (Fsp3) is 0.118. The zero-order valence-electron chi connectivity index (χ0n) is 13.1. The molecular formula is C17H13ClN2O4S. The maximum Gasteiger partial charge on any atom is 0.309 e. The van der Waals surface area contributed by atoms with Crippen LogP contribution in [0.1, 0.15) is 17.0 Å². The molecule has 0 spiro atoms. The Morgan fingerprint density at radius 2 is 2.08 bits per heavy atom. The van der Waals surface area contributed by atoms with Crippen LogP contribution in [-0.2, 0) is 11.2 Å². The van der Waals surface area contributed by atoms with Crippen LogP contribution >= 0.6 is 22.9 Å². The van der Waals surface area contributed by atoms with Crippen LogP contribution in [0.15, 0.2) is 34.4 Å². The molecule has 0 saturated carbocycles. The van der Waals surface area contributed by atoms with Crippen molar-refractivity contribution in [2.45, 2.75) is 6.42 Å². The Balaban J connectivity index is 1.99. The molecule has 0 radical (unpaired) electrons. The number of methoxy groups -OCH3 is 1. The maximum absolute atomic E-state index is 12.5. The van der Waals surface area contributed by atoms with Gasteiger partial charge in [-0.2, -0.15) is 0 Å². The van der Waals surface area contributed by atoms with Gasteiger partial charge in [0.05, 0.1) is 19.2 Å². The summed E-state index contributed by atoms with van der Waals surface area (Å²) in [5, 5.41) is 10.5. The number of aliphatic carboxylic acids is 1. The van der Waals surface area contributed by atoms with Crippen LogP contribution in [0.2, 0.25) is 5.02 Å². The standard InChI is InChI=1S/C17H13ClN2O4S/c1-24-12-5-2-10(3-6-12)4-7-13-15(18)16(23)20-11(8-14(21)22)9-25-17(20)19-13/h2-7,9H,8H2,1H3,(H,21,22)/b7-4+. The number of thiazole rings is 1. The molecule has 1 aromatic carbocycles. The Labute approximate surface area is 151 Å². The van der Waals surface area contributed by atoms with Crippen LogP contribution in [0.25, 0.3) is 17.1 Å². The quantitative estimate of drug-likeness (QED) is 0.739. The van der Waals surface area contributed by atoms with Crippen molar-refractivity contribution in [2.24, 2.45) is 0 Å². The maximum atomic E-state index is 12.5. The Morgan fingerprint density at radius 3 is 2.72 bits per heavy atom. The summed E-state index contributed by atoms with van der Waals surface area (Å²) in [5.74, 6) is -0.274. The fourth-order valence-corrected chi connectivity index (χ4v) is 3.36. The highest BCUT2D eigenvalue weighted by atomic mass is 35.5. The number of nitrogens with zero attached hydrogens (tertiary/aromatic N) is 2. The van der Waals surface area contributed by atoms with Gasteiger partial charge in [-0.25, -0.2) is 4.98 Å². The van der Waals surface area contributed by atoms with E-state index in [2.05, 4.69) is 4.98 Å². The van der Waals surface area contributed by atoms with Crippen molar-refractivity contribution in [1.82, 2.24) is 9.38 Å². The van der Waals surface area contributed by atoms with Crippen LogP contribution in [0.3, 0.4) is 0 Å². The Kier molecular flexibility index (Phi) is 4.87. The van der Waals surface area contributed by atoms with Crippen LogP contribution in [0.5, 0.6) is 5.75 Å². The number of hydrogen-bond acceptors (Lipinski definition) is 5. The van der Waals surface area contributed by atoms with Crippen molar-refractivity contribution < 1.29 is 14.6 Å². The van der Waals surface area contributed by atoms with Crippen molar-refractivity contribution in [3.05, 3.63) is 62.0 Å². The molecule has 128 valence electrons. The topological polar surface area (TPSA) is 80.9 Å². The second-order valence-corrected chi connectivity index (χ2v) is 6.35. The van der Waals surface area contributed by atoms with Crippen LogP contribution in [-0.4, -0.2) is 27.6 Å². The molecule has 25 heavy (non-hydrogen) atoms. The minimum absolute atomic E-state index is 0.0488. The van der Waals surface area contributed by atoms with Crippen molar-refractivity contribution >= 4 is 46.0 Å². The zero-order chi connectivity index (χ0) is 18.0. The molecule has 0 aliphatic heterocycles. The first-order valence-electron chi connectivity index (χ1n) is 7.22. The fourth-order valence-electron chi connectivity index (χ4n) is 2.28. The van der Waals surface area contributed by atoms with E-state index in [1.807, 2.05) is 24.3 Å². The predicted molar refractivity (Wildman–Crippen MR) is 97.6 cm³/mol. The molecule has 0 amide bonds. The Morgan fingerprint density at radius 1 is 1.36 bits per heavy atom. The van der Waals surface area contributed by atoms with E-state index in [1.54, 1.807) is 24.6 Å². The number of carbonyl (C=O) groups is 1. The van der Waals surface area contributed by atoms with Gasteiger partial charge in [-0.15, -0.1) is 11.3 Å². The first-order valence-corrected chi connectivity index (χ1v) is 8.48. The lowest BCUT2D eigenvalue weighted by molar-refractivity contribution is -0.136. The third-order valence-electron chi connectivity index (χ3n) is 3.49. The first kappa shape index (κ1) is 17.2. The van der Waals surface area contributed by atoms with Gasteiger partial charge in [0.15, 0.2) is 4.96 Å². The predicted octanol–water partition coefficient (Wildman–Crippen LogP) is 3.22. The molecule has 0 unspecified atom stereocenters. The zero-order valence-corrected chi connectivity index (χ0v) is 14.7. The summed E-state index contributed by atoms with van der Waals surface area (Å²) in [6.07, 6.45) is 3.18. The first-order chi connectivity index (χ1) is 12.0. The van der Waals surface area contributed by atoms with Crippen molar-refractivity contribution in [1.29, 1.82) is 0 Å². The van der Waals surface area contributed by atoms with Gasteiger partial charge in [-0.1, -0.05) is 29.8 Å². The highest BCUT2D eigenvalue weighted by Crippen LogP contribution is 2.20. The molecule has 0 bridgehead atoms. The van der Waals surface area contributed by atoms with Crippen LogP contribution < -0.4 is 10.3 Å². The van der Waals surface area contributed by atoms with Gasteiger partial charge in [0, 0.05) is 11.1 Å². The van der Waals surface area contributed by atoms with Crippen LogP contribution in [0, 0.1) is 0 Å². The molecule has 3 aromatic rings. The number of carboxylic acid groups (broad SMARTS) is 1. The largest absolute Gasteiger partial charge is 0.497 e. The van der Waals surface area contributed by atoms with Crippen molar-refractivity contribution in [3.8, 4) is 5.75 Å². The third-order valence-corrected chi connectivity index (χ3v) is 4.72. The van der Waals surface area contributed by atoms with Gasteiger partial charge in [0.25, 0.3) is 5.56 Å². The smallest absolute Gasteiger partial charge is 0.309 e. The highest BCUT2D eigenvalue weighted by molar-refractivity contribution is 7.15. The van der Waals surface area contributed by atoms with Gasteiger partial charge in [0.1, 0.15) is 10.8 Å². The van der Waals surface area contributed by atoms with E-state index in [0.29, 0.717) is 16.3 Å². The average Bonchev–Trinajstić information content (AvgIpc) is 2.99. The lowest BCUT2D eigenvalue weighted by Crippen LogP contribution is -2.19. The Hall–Kier alpha value is -2.64. The number of rotatable bonds is 5. The summed E-state index contributed by atoms with van der Waals surface area (Å²) in [5.41, 5.74) is 1.12. The van der Waals surface area contributed by atoms with Gasteiger partial charge in [-0.05, 0) is 23.8 Å². The average molecular weight is 377 g/mol. The molecule has 2 aromatic heterocycles. The van der Waals surface area contributed by atoms with Crippen molar-refractivity contribution in [2.75, 3.05) is 7.11 Å². The summed E-state index contributed by atoms with van der Waals surface area (Å²) in [6, 6.07) is 7.38. The minimum atomic E-state index is -1.02. The number of benzene rings is 1. The Bertz CT molecular complexity index is 1020. The van der Waals surface area contributed by atoms with Gasteiger partial charge >= 0.3 is 5.97 Å². The van der Waals surface area contributed by atoms with E-state index in [9.17, 15) is 9.59 Å². The summed E-state index contributed by atoms with van der Waals surface area (Å²) in [7, 11) is 1.59. The SMILES string of the molecule is COc1ccc(/C=C/c2nc3scc(CC(=O)O)n3c(=O)c2Cl)cc1. The molecule has 3 rings (SSSR count). The van der Waals surface area contributed by atoms with Crippen molar-refractivity contribution in [3.63, 3.8) is 0 Å². The third kappa shape index (κ3) is 3.57. The van der Waals surface area contributed by atoms with E-state index < -0.39 is 11.5 Å². The van der Waals surface area contributed by atoms with E-state index in [1.165, 1.54) is 15.7 Å². The summed E-state index contributed by atoms with van der Waals surface area (Å²) in [6.45, 7) is 0. The molecule has 6 nitrogen and oxygen atoms in total. The molecule has 0 saturated heterocycles. The van der Waals surface area contributed by atoms with Gasteiger partial charge in [-0.3, -0.25) is 14.0 Å². The molecule has 0 aliphatic rings. The highest BCUT2D eigenvalue weighted by Gasteiger charge is 2.15. The van der Waals surface area contributed by atoms with E-state index >= 15 is 0 Å². The summed E-state index contributed by atoms with van der Waals surface area (Å²) in [4.78, 5) is 28.1. The lowest BCUT2D eigenvalue weighted by Gasteiger charge is -2.02. The van der Waals surface area contributed by atoms with Gasteiger partial charge < -0.3 is 9.84 Å². The number of ether oxygens (including phenoxy) is 1. The molecule has 8 heteroatoms. The second-order valence-electron chi connectivity index (χ2n) is 5.14. The number of carboxylic acids is 1. The molecule has 1 N–H and O–H groups in total. The van der Waals surface area contributed by atoms with Crippen LogP contribution in [0.4, 0.5) is 0 Å². The van der Waals surface area contributed by atoms with E-state index in [4.69, 9.17) is 21.4 Å². The molecule has 0 atom stereocenters. The molecular weight excluding hydrogens is 364 g/mol. The van der Waals surface area contributed by atoms with Gasteiger partial charge in [0.2, 0.25) is 0 Å². The molecule has 0 aliphatic carbocycles. The van der Waals surface area contributed by atoms with E-state index in [-0.39, 0.29) is 11.4 Å². The lowest BCUT2D eigenvalue weighted by atomic mass is 10.2. The normalized spacial score (nSPS) is 11.3. The molecule has 2 heterocycles. The van der Waals surface area contributed by atoms with E-state index in [0.717, 1.165) is 11.3 Å².